The lowest BCUT2D eigenvalue weighted by atomic mass is 9.68. The summed E-state index contributed by atoms with van der Waals surface area (Å²) in [5, 5.41) is 18.8. The van der Waals surface area contributed by atoms with Gasteiger partial charge in [-0.2, -0.15) is 5.26 Å². The maximum Gasteiger partial charge on any atom is 0.227 e. The van der Waals surface area contributed by atoms with Crippen molar-refractivity contribution in [1.29, 1.82) is 5.26 Å². The number of amides is 1. The third kappa shape index (κ3) is 4.29. The summed E-state index contributed by atoms with van der Waals surface area (Å²) < 4.78 is 15.5. The van der Waals surface area contributed by atoms with E-state index in [0.717, 1.165) is 23.1 Å². The van der Waals surface area contributed by atoms with Gasteiger partial charge in [0.1, 0.15) is 11.6 Å². The number of carbonyl (C=O) groups is 2. The highest BCUT2D eigenvalue weighted by molar-refractivity contribution is 8.01. The maximum absolute atomic E-state index is 15.0. The molecular formula is C22H20ClFN6O2S2. The third-order valence-electron chi connectivity index (χ3n) is 5.59. The van der Waals surface area contributed by atoms with E-state index in [4.69, 9.17) is 23.1 Å². The first kappa shape index (κ1) is 24.2. The summed E-state index contributed by atoms with van der Waals surface area (Å²) in [6.07, 6.45) is 0.649. The number of rotatable bonds is 5. The van der Waals surface area contributed by atoms with Crippen molar-refractivity contribution in [2.45, 2.75) is 36.9 Å². The van der Waals surface area contributed by atoms with E-state index in [1.165, 1.54) is 18.2 Å². The van der Waals surface area contributed by atoms with Gasteiger partial charge in [0.25, 0.3) is 0 Å². The Morgan fingerprint density at radius 3 is 2.79 bits per heavy atom. The van der Waals surface area contributed by atoms with Gasteiger partial charge in [-0.3, -0.25) is 14.5 Å². The van der Waals surface area contributed by atoms with Gasteiger partial charge in [-0.15, -0.1) is 10.2 Å². The van der Waals surface area contributed by atoms with Crippen molar-refractivity contribution in [1.82, 2.24) is 10.2 Å². The highest BCUT2D eigenvalue weighted by Crippen LogP contribution is 2.52. The minimum atomic E-state index is -1.04. The molecule has 1 aromatic carbocycles. The van der Waals surface area contributed by atoms with Gasteiger partial charge in [-0.1, -0.05) is 54.6 Å². The van der Waals surface area contributed by atoms with Crippen molar-refractivity contribution < 1.29 is 14.0 Å². The van der Waals surface area contributed by atoms with Crippen LogP contribution in [-0.4, -0.2) is 27.6 Å². The zero-order valence-corrected chi connectivity index (χ0v) is 20.7. The van der Waals surface area contributed by atoms with Gasteiger partial charge >= 0.3 is 0 Å². The number of hydrogen-bond donors (Lipinski definition) is 2. The standard InChI is InChI=1S/C22H20ClFN6O2S2/c1-22(2)6-13-18(14(31)7-22)16(17-11(23)4-3-5-12(17)24)10(8-25)19(27)30(13)20-28-29-21(34-20)33-9-15(26)32/h3-5,16H,6-7,9,27H2,1-2H3,(H2,26,32). The van der Waals surface area contributed by atoms with Crippen LogP contribution in [0.1, 0.15) is 38.2 Å². The van der Waals surface area contributed by atoms with Gasteiger partial charge in [0, 0.05) is 28.3 Å². The molecule has 1 atom stereocenters. The summed E-state index contributed by atoms with van der Waals surface area (Å²) in [5.74, 6) is -2.33. The number of nitriles is 1. The second-order valence-electron chi connectivity index (χ2n) is 8.72. The minimum Gasteiger partial charge on any atom is -0.384 e. The van der Waals surface area contributed by atoms with Gasteiger partial charge in [0.15, 0.2) is 10.1 Å². The topological polar surface area (TPSA) is 139 Å². The number of thioether (sulfide) groups is 1. The largest absolute Gasteiger partial charge is 0.384 e. The molecule has 12 heteroatoms. The van der Waals surface area contributed by atoms with Crippen molar-refractivity contribution in [2.24, 2.45) is 16.9 Å². The van der Waals surface area contributed by atoms with Gasteiger partial charge < -0.3 is 11.5 Å². The number of anilines is 1. The first-order chi connectivity index (χ1) is 16.0. The number of nitrogens with two attached hydrogens (primary N) is 2. The highest BCUT2D eigenvalue weighted by Gasteiger charge is 2.46. The Balaban J connectivity index is 1.93. The van der Waals surface area contributed by atoms with E-state index in [0.29, 0.717) is 21.6 Å². The van der Waals surface area contributed by atoms with E-state index in [2.05, 4.69) is 16.3 Å². The first-order valence-corrected chi connectivity index (χ1v) is 12.4. The molecule has 2 aromatic rings. The lowest BCUT2D eigenvalue weighted by molar-refractivity contribution is -0.118. The van der Waals surface area contributed by atoms with Crippen LogP contribution in [0.3, 0.4) is 0 Å². The second kappa shape index (κ2) is 9.02. The van der Waals surface area contributed by atoms with Crippen molar-refractivity contribution in [3.63, 3.8) is 0 Å². The highest BCUT2D eigenvalue weighted by atomic mass is 35.5. The lowest BCUT2D eigenvalue weighted by Gasteiger charge is -2.42. The number of primary amides is 1. The number of carbonyl (C=O) groups excluding carboxylic acids is 2. The van der Waals surface area contributed by atoms with E-state index in [1.807, 2.05) is 13.8 Å². The molecule has 1 amide bonds. The van der Waals surface area contributed by atoms with Crippen molar-refractivity contribution in [3.8, 4) is 6.07 Å². The summed E-state index contributed by atoms with van der Waals surface area (Å²) in [4.78, 5) is 26.1. The smallest absolute Gasteiger partial charge is 0.227 e. The number of benzene rings is 1. The van der Waals surface area contributed by atoms with Crippen molar-refractivity contribution in [2.75, 3.05) is 10.7 Å². The fourth-order valence-corrected chi connectivity index (χ4v) is 6.18. The van der Waals surface area contributed by atoms with Gasteiger partial charge in [-0.25, -0.2) is 4.39 Å². The molecular weight excluding hydrogens is 499 g/mol. The van der Waals surface area contributed by atoms with Crippen molar-refractivity contribution in [3.05, 3.63) is 57.3 Å². The third-order valence-corrected chi connectivity index (χ3v) is 7.99. The first-order valence-electron chi connectivity index (χ1n) is 10.2. The molecule has 0 saturated heterocycles. The fraction of sp³-hybridized carbons (Fsp3) is 0.318. The molecule has 1 aliphatic heterocycles. The quantitative estimate of drug-likeness (QED) is 0.569. The molecule has 1 aromatic heterocycles. The van der Waals surface area contributed by atoms with Crippen LogP contribution in [0, 0.1) is 22.6 Å². The maximum atomic E-state index is 15.0. The van der Waals surface area contributed by atoms with Crippen molar-refractivity contribution >= 4 is 51.5 Å². The average Bonchev–Trinajstić information content (AvgIpc) is 3.19. The zero-order valence-electron chi connectivity index (χ0n) is 18.3. The molecule has 0 fully saturated rings. The molecule has 2 aliphatic rings. The van der Waals surface area contributed by atoms with Gasteiger partial charge in [0.05, 0.1) is 23.3 Å². The number of allylic oxidation sites excluding steroid dienone is 3. The molecule has 1 aliphatic carbocycles. The van der Waals surface area contributed by atoms with Crippen LogP contribution in [0.2, 0.25) is 5.02 Å². The Hall–Kier alpha value is -2.94. The van der Waals surface area contributed by atoms with Crippen LogP contribution in [0.4, 0.5) is 9.52 Å². The Kier molecular flexibility index (Phi) is 6.42. The summed E-state index contributed by atoms with van der Waals surface area (Å²) in [7, 11) is 0. The van der Waals surface area contributed by atoms with Gasteiger partial charge in [0.2, 0.25) is 11.0 Å². The molecule has 0 radical (unpaired) electrons. The molecule has 34 heavy (non-hydrogen) atoms. The molecule has 8 nitrogen and oxygen atoms in total. The molecule has 4 N–H and O–H groups in total. The Bertz CT molecular complexity index is 1290. The molecule has 0 saturated carbocycles. The summed E-state index contributed by atoms with van der Waals surface area (Å²) in [6, 6.07) is 6.29. The monoisotopic (exact) mass is 518 g/mol. The van der Waals surface area contributed by atoms with E-state index >= 15 is 4.39 Å². The Labute approximate surface area is 208 Å². The summed E-state index contributed by atoms with van der Waals surface area (Å²) in [6.45, 7) is 3.90. The predicted octanol–water partition coefficient (Wildman–Crippen LogP) is 3.85. The molecule has 2 heterocycles. The molecule has 1 unspecified atom stereocenters. The predicted molar refractivity (Wildman–Crippen MR) is 128 cm³/mol. The molecule has 4 rings (SSSR count). The fourth-order valence-electron chi connectivity index (χ4n) is 4.29. The minimum absolute atomic E-state index is 0.000320. The van der Waals surface area contributed by atoms with E-state index in [1.54, 1.807) is 4.90 Å². The van der Waals surface area contributed by atoms with Crippen LogP contribution in [-0.2, 0) is 9.59 Å². The summed E-state index contributed by atoms with van der Waals surface area (Å²) in [5.41, 5.74) is 12.2. The number of Topliss-reactive ketones (excluding diaryl/α,β-unsaturated/α-hetero) is 1. The Morgan fingerprint density at radius 2 is 2.15 bits per heavy atom. The zero-order chi connectivity index (χ0) is 24.8. The normalized spacial score (nSPS) is 19.8. The Morgan fingerprint density at radius 1 is 1.41 bits per heavy atom. The number of aromatic nitrogens is 2. The molecule has 176 valence electrons. The average molecular weight is 519 g/mol. The van der Waals surface area contributed by atoms with Gasteiger partial charge in [-0.05, 0) is 24.0 Å². The van der Waals surface area contributed by atoms with Crippen LogP contribution in [0.5, 0.6) is 0 Å². The van der Waals surface area contributed by atoms with Crippen LogP contribution in [0.25, 0.3) is 0 Å². The number of ketones is 1. The van der Waals surface area contributed by atoms with Crippen LogP contribution >= 0.6 is 34.7 Å². The molecule has 0 spiro atoms. The van der Waals surface area contributed by atoms with E-state index in [9.17, 15) is 14.9 Å². The lowest BCUT2D eigenvalue weighted by Crippen LogP contribution is -2.42. The summed E-state index contributed by atoms with van der Waals surface area (Å²) >= 11 is 8.64. The molecule has 0 bridgehead atoms. The number of nitrogens with zero attached hydrogens (tertiary/aromatic N) is 4. The van der Waals surface area contributed by atoms with Crippen LogP contribution < -0.4 is 16.4 Å². The SMILES string of the molecule is CC1(C)CC(=O)C2=C(C1)N(c1nnc(SCC(N)=O)s1)C(N)=C(C#N)C2c1c(F)cccc1Cl. The number of hydrogen-bond acceptors (Lipinski definition) is 9. The van der Waals surface area contributed by atoms with Crippen LogP contribution in [0.15, 0.2) is 45.2 Å². The van der Waals surface area contributed by atoms with E-state index in [-0.39, 0.29) is 45.5 Å². The van der Waals surface area contributed by atoms with E-state index < -0.39 is 23.1 Å². The second-order valence-corrected chi connectivity index (χ2v) is 11.3. The number of halogens is 2.